The van der Waals surface area contributed by atoms with Crippen LogP contribution in [0.1, 0.15) is 27.0 Å². The molecule has 0 saturated heterocycles. The molecule has 228 valence electrons. The lowest BCUT2D eigenvalue weighted by atomic mass is 10.1. The van der Waals surface area contributed by atoms with E-state index in [2.05, 4.69) is 10.5 Å². The third-order valence-electron chi connectivity index (χ3n) is 6.85. The molecule has 5 aromatic carbocycles. The first-order valence-electron chi connectivity index (χ1n) is 13.9. The molecule has 0 atom stereocenters. The van der Waals surface area contributed by atoms with Crippen LogP contribution in [0.2, 0.25) is 5.02 Å². The molecule has 10 heteroatoms. The first-order chi connectivity index (χ1) is 21.8. The molecule has 0 radical (unpaired) electrons. The van der Waals surface area contributed by atoms with Crippen molar-refractivity contribution in [3.05, 3.63) is 155 Å². The van der Waals surface area contributed by atoms with Crippen molar-refractivity contribution in [1.82, 2.24) is 5.43 Å². The number of hydrogen-bond acceptors (Lipinski definition) is 6. The number of amides is 1. The maximum atomic E-state index is 14.0. The molecule has 0 aliphatic heterocycles. The Balaban J connectivity index is 1.34. The van der Waals surface area contributed by atoms with Gasteiger partial charge in [0.15, 0.2) is 0 Å². The summed E-state index contributed by atoms with van der Waals surface area (Å²) < 4.78 is 40.2. The molecule has 0 spiro atoms. The van der Waals surface area contributed by atoms with Gasteiger partial charge in [-0.3, -0.25) is 9.10 Å². The number of anilines is 1. The molecule has 1 amide bonds. The molecule has 0 bridgehead atoms. The Kier molecular flexibility index (Phi) is 10.1. The van der Waals surface area contributed by atoms with Gasteiger partial charge in [0.05, 0.1) is 36.0 Å². The molecule has 0 unspecified atom stereocenters. The second kappa shape index (κ2) is 14.6. The highest BCUT2D eigenvalue weighted by Crippen LogP contribution is 2.30. The summed E-state index contributed by atoms with van der Waals surface area (Å²) in [6.07, 6.45) is 1.49. The summed E-state index contributed by atoms with van der Waals surface area (Å²) in [6, 6.07) is 36.5. The number of para-hydroxylation sites is 1. The third-order valence-corrected chi connectivity index (χ3v) is 8.99. The van der Waals surface area contributed by atoms with E-state index in [0.29, 0.717) is 23.1 Å². The summed E-state index contributed by atoms with van der Waals surface area (Å²) in [7, 11) is -2.58. The maximum absolute atomic E-state index is 14.0. The molecule has 0 aliphatic carbocycles. The Labute approximate surface area is 267 Å². The van der Waals surface area contributed by atoms with Crippen LogP contribution in [0, 0.1) is 0 Å². The third kappa shape index (κ3) is 7.89. The largest absolute Gasteiger partial charge is 0.497 e. The van der Waals surface area contributed by atoms with Crippen LogP contribution in [0.3, 0.4) is 0 Å². The lowest BCUT2D eigenvalue weighted by Crippen LogP contribution is -2.33. The molecular formula is C35H30ClN3O5S. The lowest BCUT2D eigenvalue weighted by Gasteiger charge is -2.26. The first-order valence-corrected chi connectivity index (χ1v) is 15.8. The van der Waals surface area contributed by atoms with Gasteiger partial charge in [-0.2, -0.15) is 5.10 Å². The monoisotopic (exact) mass is 639 g/mol. The minimum Gasteiger partial charge on any atom is -0.497 e. The number of carbonyl (C=O) groups is 1. The molecule has 0 aromatic heterocycles. The predicted molar refractivity (Wildman–Crippen MR) is 177 cm³/mol. The molecule has 0 saturated carbocycles. The zero-order valence-corrected chi connectivity index (χ0v) is 25.9. The molecule has 5 aromatic rings. The second-order valence-electron chi connectivity index (χ2n) is 9.84. The van der Waals surface area contributed by atoms with Gasteiger partial charge in [0, 0.05) is 10.6 Å². The van der Waals surface area contributed by atoms with Crippen molar-refractivity contribution in [1.29, 1.82) is 0 Å². The van der Waals surface area contributed by atoms with E-state index >= 15 is 0 Å². The minimum atomic E-state index is -4.09. The number of methoxy groups -OCH3 is 1. The molecule has 45 heavy (non-hydrogen) atoms. The molecule has 0 aliphatic rings. The Morgan fingerprint density at radius 3 is 2.18 bits per heavy atom. The average Bonchev–Trinajstić information content (AvgIpc) is 3.08. The summed E-state index contributed by atoms with van der Waals surface area (Å²) in [6.45, 7) is 0.339. The van der Waals surface area contributed by atoms with Gasteiger partial charge < -0.3 is 9.47 Å². The van der Waals surface area contributed by atoms with Crippen LogP contribution in [-0.2, 0) is 23.2 Å². The Bertz CT molecular complexity index is 1880. The number of hydrazone groups is 1. The molecule has 0 fully saturated rings. The van der Waals surface area contributed by atoms with E-state index in [1.807, 2.05) is 54.6 Å². The second-order valence-corrected chi connectivity index (χ2v) is 12.1. The van der Waals surface area contributed by atoms with Crippen molar-refractivity contribution in [3.8, 4) is 11.5 Å². The summed E-state index contributed by atoms with van der Waals surface area (Å²) in [5, 5.41) is 4.75. The van der Waals surface area contributed by atoms with Crippen LogP contribution in [0.4, 0.5) is 5.69 Å². The van der Waals surface area contributed by atoms with Crippen molar-refractivity contribution in [2.75, 3.05) is 11.4 Å². The van der Waals surface area contributed by atoms with Crippen LogP contribution >= 0.6 is 11.6 Å². The standard InChI is InChI=1S/C35H30ClN3O5S/c1-43-29-19-21-31(22-20-29)45(41,42)39(24-27-9-3-2-4-10-27)34-14-8-6-12-32(34)35(40)38-37-23-26-15-17-30(18-16-26)44-25-28-11-5-7-13-33(28)36/h2-23H,24-25H2,1H3,(H,38,40)/b37-23-. The van der Waals surface area contributed by atoms with E-state index in [1.165, 1.54) is 29.8 Å². The van der Waals surface area contributed by atoms with E-state index in [4.69, 9.17) is 21.1 Å². The van der Waals surface area contributed by atoms with E-state index in [-0.39, 0.29) is 22.7 Å². The zero-order valence-electron chi connectivity index (χ0n) is 24.3. The summed E-state index contributed by atoms with van der Waals surface area (Å²) >= 11 is 6.20. The molecular weight excluding hydrogens is 610 g/mol. The molecule has 8 nitrogen and oxygen atoms in total. The fraction of sp³-hybridized carbons (Fsp3) is 0.0857. The van der Waals surface area contributed by atoms with Gasteiger partial charge in [0.1, 0.15) is 18.1 Å². The summed E-state index contributed by atoms with van der Waals surface area (Å²) in [4.78, 5) is 13.4. The van der Waals surface area contributed by atoms with Crippen molar-refractivity contribution in [2.45, 2.75) is 18.0 Å². The van der Waals surface area contributed by atoms with Gasteiger partial charge in [-0.15, -0.1) is 0 Å². The lowest BCUT2D eigenvalue weighted by molar-refractivity contribution is 0.0955. The number of ether oxygens (including phenoxy) is 2. The van der Waals surface area contributed by atoms with Crippen molar-refractivity contribution in [2.24, 2.45) is 5.10 Å². The smallest absolute Gasteiger partial charge is 0.273 e. The fourth-order valence-electron chi connectivity index (χ4n) is 4.46. The number of benzene rings is 5. The highest BCUT2D eigenvalue weighted by Gasteiger charge is 2.28. The summed E-state index contributed by atoms with van der Waals surface area (Å²) in [5.41, 5.74) is 5.24. The van der Waals surface area contributed by atoms with Crippen molar-refractivity contribution in [3.63, 3.8) is 0 Å². The number of sulfonamides is 1. The minimum absolute atomic E-state index is 0.00760. The number of rotatable bonds is 12. The molecule has 0 heterocycles. The van der Waals surface area contributed by atoms with Gasteiger partial charge in [0.2, 0.25) is 0 Å². The highest BCUT2D eigenvalue weighted by molar-refractivity contribution is 7.92. The van der Waals surface area contributed by atoms with Gasteiger partial charge in [0.25, 0.3) is 15.9 Å². The average molecular weight is 640 g/mol. The number of halogens is 1. The summed E-state index contributed by atoms with van der Waals surface area (Å²) in [5.74, 6) is 0.617. The topological polar surface area (TPSA) is 97.3 Å². The van der Waals surface area contributed by atoms with Crippen LogP contribution in [0.25, 0.3) is 0 Å². The number of nitrogens with zero attached hydrogens (tertiary/aromatic N) is 2. The van der Waals surface area contributed by atoms with Crippen LogP contribution in [0.5, 0.6) is 11.5 Å². The maximum Gasteiger partial charge on any atom is 0.273 e. The Morgan fingerprint density at radius 2 is 1.47 bits per heavy atom. The number of hydrogen-bond donors (Lipinski definition) is 1. The van der Waals surface area contributed by atoms with E-state index in [0.717, 1.165) is 16.7 Å². The van der Waals surface area contributed by atoms with Gasteiger partial charge in [-0.25, -0.2) is 13.8 Å². The van der Waals surface area contributed by atoms with E-state index in [9.17, 15) is 13.2 Å². The van der Waals surface area contributed by atoms with Crippen molar-refractivity contribution < 1.29 is 22.7 Å². The highest BCUT2D eigenvalue weighted by atomic mass is 35.5. The molecule has 1 N–H and O–H groups in total. The van der Waals surface area contributed by atoms with Gasteiger partial charge in [-0.1, -0.05) is 72.3 Å². The molecule has 5 rings (SSSR count). The van der Waals surface area contributed by atoms with E-state index < -0.39 is 15.9 Å². The Hall–Kier alpha value is -5.12. The number of carbonyl (C=O) groups excluding carboxylic acids is 1. The predicted octanol–water partition coefficient (Wildman–Crippen LogP) is 7.09. The van der Waals surface area contributed by atoms with Crippen LogP contribution in [-0.4, -0.2) is 27.6 Å². The number of nitrogens with one attached hydrogen (secondary N) is 1. The van der Waals surface area contributed by atoms with Gasteiger partial charge >= 0.3 is 0 Å². The first kappa shape index (κ1) is 31.3. The van der Waals surface area contributed by atoms with Crippen molar-refractivity contribution >= 4 is 39.4 Å². The van der Waals surface area contributed by atoms with Gasteiger partial charge in [-0.05, 0) is 77.9 Å². The van der Waals surface area contributed by atoms with Crippen LogP contribution < -0.4 is 19.2 Å². The van der Waals surface area contributed by atoms with E-state index in [1.54, 1.807) is 60.7 Å². The normalized spacial score (nSPS) is 11.2. The van der Waals surface area contributed by atoms with Crippen LogP contribution in [0.15, 0.2) is 137 Å². The SMILES string of the molecule is COc1ccc(S(=O)(=O)N(Cc2ccccc2)c2ccccc2C(=O)N/N=C\c2ccc(OCc3ccccc3Cl)cc2)cc1. The Morgan fingerprint density at radius 1 is 0.822 bits per heavy atom. The zero-order chi connectivity index (χ0) is 31.6. The fourth-order valence-corrected chi connectivity index (χ4v) is 6.12. The quantitative estimate of drug-likeness (QED) is 0.116.